The van der Waals surface area contributed by atoms with Crippen LogP contribution in [0.4, 0.5) is 0 Å². The molecule has 0 spiro atoms. The lowest BCUT2D eigenvalue weighted by molar-refractivity contribution is 0.0430. The third-order valence-corrected chi connectivity index (χ3v) is 4.02. The van der Waals surface area contributed by atoms with Gasteiger partial charge in [-0.25, -0.2) is 4.79 Å². The molecule has 6 nitrogen and oxygen atoms in total. The molecule has 3 rings (SSSR count). The van der Waals surface area contributed by atoms with E-state index < -0.39 is 5.97 Å². The number of para-hydroxylation sites is 1. The molecule has 0 aliphatic carbocycles. The maximum absolute atomic E-state index is 12.2. The van der Waals surface area contributed by atoms with E-state index in [1.165, 1.54) is 0 Å². The standard InChI is InChI=1S/C18H14Cl2N2O4/c1-2-24-14-9-4-3-6-11(14)17-21-15(26-22-17)10-25-18(23)16-12(19)7-5-8-13(16)20/h3-9H,2,10H2,1H3. The van der Waals surface area contributed by atoms with E-state index in [0.717, 1.165) is 0 Å². The second kappa shape index (κ2) is 8.21. The number of nitrogens with zero attached hydrogens (tertiary/aromatic N) is 2. The Morgan fingerprint density at radius 3 is 2.58 bits per heavy atom. The Bertz CT molecular complexity index is 907. The lowest BCUT2D eigenvalue weighted by atomic mass is 10.2. The lowest BCUT2D eigenvalue weighted by Crippen LogP contribution is -2.07. The predicted molar refractivity (Wildman–Crippen MR) is 96.5 cm³/mol. The van der Waals surface area contributed by atoms with E-state index in [4.69, 9.17) is 37.2 Å². The van der Waals surface area contributed by atoms with Crippen molar-refractivity contribution in [2.24, 2.45) is 0 Å². The number of carbonyl (C=O) groups excluding carboxylic acids is 1. The van der Waals surface area contributed by atoms with Crippen molar-refractivity contribution in [1.29, 1.82) is 0 Å². The number of halogens is 2. The van der Waals surface area contributed by atoms with Gasteiger partial charge < -0.3 is 14.0 Å². The zero-order chi connectivity index (χ0) is 18.5. The number of esters is 1. The maximum atomic E-state index is 12.2. The zero-order valence-corrected chi connectivity index (χ0v) is 15.3. The molecule has 1 heterocycles. The summed E-state index contributed by atoms with van der Waals surface area (Å²) in [6.07, 6.45) is 0. The van der Waals surface area contributed by atoms with Crippen LogP contribution in [0.25, 0.3) is 11.4 Å². The summed E-state index contributed by atoms with van der Waals surface area (Å²) < 4.78 is 15.9. The summed E-state index contributed by atoms with van der Waals surface area (Å²) >= 11 is 12.0. The molecule has 0 amide bonds. The van der Waals surface area contributed by atoms with Crippen LogP contribution in [-0.2, 0) is 11.3 Å². The minimum atomic E-state index is -0.671. The van der Waals surface area contributed by atoms with Crippen molar-refractivity contribution in [3.63, 3.8) is 0 Å². The van der Waals surface area contributed by atoms with Crippen LogP contribution in [0.3, 0.4) is 0 Å². The van der Waals surface area contributed by atoms with Gasteiger partial charge in [0.2, 0.25) is 5.82 Å². The molecular weight excluding hydrogens is 379 g/mol. The third-order valence-electron chi connectivity index (χ3n) is 3.39. The molecule has 0 fully saturated rings. The Morgan fingerprint density at radius 1 is 1.12 bits per heavy atom. The van der Waals surface area contributed by atoms with Gasteiger partial charge in [-0.15, -0.1) is 0 Å². The van der Waals surface area contributed by atoms with Crippen LogP contribution in [0.15, 0.2) is 47.0 Å². The summed E-state index contributed by atoms with van der Waals surface area (Å²) in [5, 5.41) is 4.32. The highest BCUT2D eigenvalue weighted by molar-refractivity contribution is 6.39. The molecule has 0 saturated heterocycles. The first-order valence-corrected chi connectivity index (χ1v) is 8.51. The number of aromatic nitrogens is 2. The van der Waals surface area contributed by atoms with Gasteiger partial charge in [-0.05, 0) is 31.2 Å². The number of carbonyl (C=O) groups is 1. The van der Waals surface area contributed by atoms with Crippen molar-refractivity contribution in [1.82, 2.24) is 10.1 Å². The van der Waals surface area contributed by atoms with Gasteiger partial charge in [0.15, 0.2) is 6.61 Å². The van der Waals surface area contributed by atoms with Crippen molar-refractivity contribution in [2.45, 2.75) is 13.5 Å². The largest absolute Gasteiger partial charge is 0.493 e. The van der Waals surface area contributed by atoms with Gasteiger partial charge >= 0.3 is 5.97 Å². The molecule has 0 saturated carbocycles. The topological polar surface area (TPSA) is 74.5 Å². The number of ether oxygens (including phenoxy) is 2. The minimum absolute atomic E-state index is 0.0947. The molecule has 3 aromatic rings. The normalized spacial score (nSPS) is 10.6. The molecule has 0 aliphatic rings. The lowest BCUT2D eigenvalue weighted by Gasteiger charge is -2.06. The first-order chi connectivity index (χ1) is 12.6. The smallest absolute Gasteiger partial charge is 0.341 e. The van der Waals surface area contributed by atoms with Crippen molar-refractivity contribution in [3.8, 4) is 17.1 Å². The van der Waals surface area contributed by atoms with Crippen molar-refractivity contribution in [3.05, 3.63) is 64.0 Å². The van der Waals surface area contributed by atoms with Crippen molar-refractivity contribution < 1.29 is 18.8 Å². The predicted octanol–water partition coefficient (Wildman–Crippen LogP) is 4.80. The highest BCUT2D eigenvalue weighted by Gasteiger charge is 2.18. The fourth-order valence-electron chi connectivity index (χ4n) is 2.25. The Morgan fingerprint density at radius 2 is 1.85 bits per heavy atom. The molecule has 8 heteroatoms. The molecule has 0 atom stereocenters. The van der Waals surface area contributed by atoms with Crippen LogP contribution in [0.1, 0.15) is 23.2 Å². The van der Waals surface area contributed by atoms with Crippen molar-refractivity contribution >= 4 is 29.2 Å². The Labute approximate surface area is 159 Å². The summed E-state index contributed by atoms with van der Waals surface area (Å²) in [7, 11) is 0. The first-order valence-electron chi connectivity index (χ1n) is 7.76. The van der Waals surface area contributed by atoms with Gasteiger partial charge in [-0.2, -0.15) is 4.98 Å². The van der Waals surface area contributed by atoms with Gasteiger partial charge in [0.25, 0.3) is 5.89 Å². The van der Waals surface area contributed by atoms with E-state index in [2.05, 4.69) is 10.1 Å². The van der Waals surface area contributed by atoms with Gasteiger partial charge in [0, 0.05) is 0 Å². The number of hydrogen-bond donors (Lipinski definition) is 0. The van der Waals surface area contributed by atoms with E-state index in [1.807, 2.05) is 31.2 Å². The molecule has 0 N–H and O–H groups in total. The van der Waals surface area contributed by atoms with Crippen molar-refractivity contribution in [2.75, 3.05) is 6.61 Å². The van der Waals surface area contributed by atoms with E-state index >= 15 is 0 Å². The van der Waals surface area contributed by atoms with E-state index in [0.29, 0.717) is 23.7 Å². The highest BCUT2D eigenvalue weighted by atomic mass is 35.5. The number of hydrogen-bond acceptors (Lipinski definition) is 6. The average Bonchev–Trinajstić information content (AvgIpc) is 3.09. The molecule has 0 aliphatic heterocycles. The van der Waals surface area contributed by atoms with Crippen LogP contribution in [0, 0.1) is 0 Å². The SMILES string of the molecule is CCOc1ccccc1-c1noc(COC(=O)c2c(Cl)cccc2Cl)n1. The second-order valence-electron chi connectivity index (χ2n) is 5.11. The van der Waals surface area contributed by atoms with Crippen LogP contribution in [0.5, 0.6) is 5.75 Å². The van der Waals surface area contributed by atoms with Crippen LogP contribution < -0.4 is 4.74 Å². The number of benzene rings is 2. The molecule has 0 unspecified atom stereocenters. The van der Waals surface area contributed by atoms with Gasteiger partial charge in [0.05, 0.1) is 27.8 Å². The maximum Gasteiger partial charge on any atom is 0.341 e. The van der Waals surface area contributed by atoms with Gasteiger partial charge in [-0.1, -0.05) is 46.6 Å². The molecule has 26 heavy (non-hydrogen) atoms. The fourth-order valence-corrected chi connectivity index (χ4v) is 2.80. The van der Waals surface area contributed by atoms with Gasteiger partial charge in [-0.3, -0.25) is 0 Å². The summed E-state index contributed by atoms with van der Waals surface area (Å²) in [6.45, 7) is 2.19. The molecule has 1 aromatic heterocycles. The first kappa shape index (κ1) is 18.2. The average molecular weight is 393 g/mol. The van der Waals surface area contributed by atoms with E-state index in [-0.39, 0.29) is 28.1 Å². The molecule has 0 bridgehead atoms. The van der Waals surface area contributed by atoms with E-state index in [9.17, 15) is 4.79 Å². The minimum Gasteiger partial charge on any atom is -0.493 e. The molecule has 0 radical (unpaired) electrons. The summed E-state index contributed by atoms with van der Waals surface area (Å²) in [4.78, 5) is 16.4. The van der Waals surface area contributed by atoms with Crippen LogP contribution >= 0.6 is 23.2 Å². The van der Waals surface area contributed by atoms with Crippen LogP contribution in [0.2, 0.25) is 10.0 Å². The monoisotopic (exact) mass is 392 g/mol. The fraction of sp³-hybridized carbons (Fsp3) is 0.167. The highest BCUT2D eigenvalue weighted by Crippen LogP contribution is 2.28. The summed E-state index contributed by atoms with van der Waals surface area (Å²) in [6, 6.07) is 12.1. The van der Waals surface area contributed by atoms with E-state index in [1.54, 1.807) is 18.2 Å². The van der Waals surface area contributed by atoms with Gasteiger partial charge in [0.1, 0.15) is 5.75 Å². The summed E-state index contributed by atoms with van der Waals surface area (Å²) in [5.41, 5.74) is 0.780. The number of rotatable bonds is 6. The Kier molecular flexibility index (Phi) is 5.75. The zero-order valence-electron chi connectivity index (χ0n) is 13.7. The van der Waals surface area contributed by atoms with Crippen LogP contribution in [-0.4, -0.2) is 22.7 Å². The third kappa shape index (κ3) is 3.98. The molecule has 134 valence electrons. The quantitative estimate of drug-likeness (QED) is 0.560. The Balaban J connectivity index is 1.73. The molecule has 2 aromatic carbocycles. The second-order valence-corrected chi connectivity index (χ2v) is 5.93. The Hall–Kier alpha value is -2.57. The molecular formula is C18H14Cl2N2O4. The summed E-state index contributed by atoms with van der Waals surface area (Å²) in [5.74, 6) is 0.455.